The van der Waals surface area contributed by atoms with Crippen LogP contribution in [0.3, 0.4) is 0 Å². The van der Waals surface area contributed by atoms with E-state index < -0.39 is 11.6 Å². The topological polar surface area (TPSA) is 9.23 Å². The lowest BCUT2D eigenvalue weighted by Crippen LogP contribution is -1.98. The second kappa shape index (κ2) is 13.5. The van der Waals surface area contributed by atoms with E-state index in [1.807, 2.05) is 45.1 Å². The minimum atomic E-state index is -0.962. The van der Waals surface area contributed by atoms with Crippen molar-refractivity contribution < 1.29 is 13.5 Å². The Morgan fingerprint density at radius 2 is 1.43 bits per heavy atom. The SMILES string of the molecule is C=C(/C=C\C(=C)C(=C)/C=C\C(=C)CCc1ccc(OC)c(F)c1F)CC.CC. The van der Waals surface area contributed by atoms with E-state index in [0.717, 1.165) is 28.7 Å². The molecule has 0 aromatic heterocycles. The summed E-state index contributed by atoms with van der Waals surface area (Å²) >= 11 is 0. The predicted molar refractivity (Wildman–Crippen MR) is 118 cm³/mol. The van der Waals surface area contributed by atoms with Gasteiger partial charge in [0.15, 0.2) is 11.6 Å². The zero-order valence-electron chi connectivity index (χ0n) is 17.6. The summed E-state index contributed by atoms with van der Waals surface area (Å²) in [7, 11) is 1.30. The number of aryl methyl sites for hydroxylation is 1. The van der Waals surface area contributed by atoms with Crippen LogP contribution in [-0.4, -0.2) is 7.11 Å². The van der Waals surface area contributed by atoms with E-state index in [-0.39, 0.29) is 5.75 Å². The number of hydrogen-bond donors (Lipinski definition) is 0. The maximum absolute atomic E-state index is 14.0. The molecule has 0 spiro atoms. The van der Waals surface area contributed by atoms with Gasteiger partial charge in [-0.05, 0) is 42.0 Å². The Kier molecular flexibility index (Phi) is 12.2. The van der Waals surface area contributed by atoms with Crippen molar-refractivity contribution in [2.45, 2.75) is 40.0 Å². The molecule has 0 saturated heterocycles. The van der Waals surface area contributed by atoms with Gasteiger partial charge in [0, 0.05) is 0 Å². The Balaban J connectivity index is 0.00000352. The van der Waals surface area contributed by atoms with Crippen LogP contribution in [-0.2, 0) is 6.42 Å². The Hall–Kier alpha value is -2.68. The van der Waals surface area contributed by atoms with E-state index >= 15 is 0 Å². The smallest absolute Gasteiger partial charge is 0.200 e. The summed E-state index contributed by atoms with van der Waals surface area (Å²) < 4.78 is 32.4. The highest BCUT2D eigenvalue weighted by molar-refractivity contribution is 5.45. The molecule has 0 heterocycles. The molecular formula is C25H32F2O. The molecule has 1 aromatic carbocycles. The molecule has 0 atom stereocenters. The van der Waals surface area contributed by atoms with Gasteiger partial charge in [-0.3, -0.25) is 0 Å². The number of benzene rings is 1. The molecule has 0 aliphatic rings. The van der Waals surface area contributed by atoms with Gasteiger partial charge in [0.2, 0.25) is 5.82 Å². The van der Waals surface area contributed by atoms with Gasteiger partial charge < -0.3 is 4.74 Å². The van der Waals surface area contributed by atoms with Crippen LogP contribution in [0.25, 0.3) is 0 Å². The average Bonchev–Trinajstić information content (AvgIpc) is 2.72. The maximum atomic E-state index is 14.0. The van der Waals surface area contributed by atoms with Crippen LogP contribution >= 0.6 is 0 Å². The van der Waals surface area contributed by atoms with Crippen LogP contribution < -0.4 is 4.74 Å². The molecule has 0 radical (unpaired) electrons. The van der Waals surface area contributed by atoms with Crippen LogP contribution in [0.15, 0.2) is 85.0 Å². The highest BCUT2D eigenvalue weighted by Gasteiger charge is 2.13. The summed E-state index contributed by atoms with van der Waals surface area (Å²) in [5.74, 6) is -1.94. The zero-order chi connectivity index (χ0) is 21.7. The van der Waals surface area contributed by atoms with Gasteiger partial charge >= 0.3 is 0 Å². The van der Waals surface area contributed by atoms with Crippen molar-refractivity contribution in [3.8, 4) is 5.75 Å². The second-order valence-electron chi connectivity index (χ2n) is 5.94. The van der Waals surface area contributed by atoms with Gasteiger partial charge in [0.25, 0.3) is 0 Å². The lowest BCUT2D eigenvalue weighted by molar-refractivity contribution is 0.370. The standard InChI is InChI=1S/C23H26F2O.C2H6/c1-7-16(2)8-11-18(4)19(5)12-9-17(3)10-13-20-14-15-21(26-6)23(25)22(20)24;1-2/h8-9,11-12,14-15H,2-5,7,10,13H2,1,6H3;1-2H3/b11-8-,12-9-;. The number of halogens is 2. The fraction of sp³-hybridized carbons (Fsp3) is 0.280. The lowest BCUT2D eigenvalue weighted by atomic mass is 10.0. The predicted octanol–water partition coefficient (Wildman–Crippen LogP) is 7.68. The van der Waals surface area contributed by atoms with E-state index in [2.05, 4.69) is 26.3 Å². The third-order valence-electron chi connectivity index (χ3n) is 3.97. The molecule has 28 heavy (non-hydrogen) atoms. The number of allylic oxidation sites excluding steroid dienone is 8. The molecule has 0 N–H and O–H groups in total. The molecule has 0 saturated carbocycles. The Bertz CT molecular complexity index is 767. The number of rotatable bonds is 10. The molecule has 0 aliphatic heterocycles. The second-order valence-corrected chi connectivity index (χ2v) is 5.94. The number of hydrogen-bond acceptors (Lipinski definition) is 1. The maximum Gasteiger partial charge on any atom is 0.200 e. The Labute approximate surface area is 169 Å². The highest BCUT2D eigenvalue weighted by Crippen LogP contribution is 2.24. The highest BCUT2D eigenvalue weighted by atomic mass is 19.2. The van der Waals surface area contributed by atoms with Crippen LogP contribution in [0.1, 0.15) is 39.2 Å². The minimum absolute atomic E-state index is 0.0985. The van der Waals surface area contributed by atoms with Crippen LogP contribution in [0, 0.1) is 11.6 Å². The molecule has 0 bridgehead atoms. The van der Waals surface area contributed by atoms with Crippen molar-refractivity contribution >= 4 is 0 Å². The largest absolute Gasteiger partial charge is 0.494 e. The van der Waals surface area contributed by atoms with E-state index in [0.29, 0.717) is 18.4 Å². The van der Waals surface area contributed by atoms with Gasteiger partial charge in [-0.2, -0.15) is 4.39 Å². The fourth-order valence-electron chi connectivity index (χ4n) is 2.07. The number of ether oxygens (including phenoxy) is 1. The average molecular weight is 387 g/mol. The quantitative estimate of drug-likeness (QED) is 0.375. The van der Waals surface area contributed by atoms with Crippen molar-refractivity contribution in [2.75, 3.05) is 7.11 Å². The van der Waals surface area contributed by atoms with Crippen LogP contribution in [0.4, 0.5) is 8.78 Å². The molecule has 1 aromatic rings. The molecule has 1 nitrogen and oxygen atoms in total. The molecule has 1 rings (SSSR count). The minimum Gasteiger partial charge on any atom is -0.494 e. The summed E-state index contributed by atoms with van der Waals surface area (Å²) in [6.45, 7) is 21.8. The third kappa shape index (κ3) is 8.34. The van der Waals surface area contributed by atoms with Crippen LogP contribution in [0.5, 0.6) is 5.75 Å². The zero-order valence-corrected chi connectivity index (χ0v) is 17.6. The molecule has 152 valence electrons. The van der Waals surface area contributed by atoms with E-state index in [9.17, 15) is 8.78 Å². The van der Waals surface area contributed by atoms with Crippen molar-refractivity contribution in [3.63, 3.8) is 0 Å². The Morgan fingerprint density at radius 1 is 0.893 bits per heavy atom. The van der Waals surface area contributed by atoms with E-state index in [4.69, 9.17) is 4.74 Å². The molecule has 0 fully saturated rings. The van der Waals surface area contributed by atoms with Gasteiger partial charge in [-0.15, -0.1) is 0 Å². The summed E-state index contributed by atoms with van der Waals surface area (Å²) in [5.41, 5.74) is 3.64. The van der Waals surface area contributed by atoms with Crippen molar-refractivity contribution in [1.82, 2.24) is 0 Å². The lowest BCUT2D eigenvalue weighted by Gasteiger charge is -2.08. The first-order valence-corrected chi connectivity index (χ1v) is 9.40. The summed E-state index contributed by atoms with van der Waals surface area (Å²) in [5, 5.41) is 0. The van der Waals surface area contributed by atoms with Gasteiger partial charge in [-0.1, -0.05) is 88.6 Å². The molecular weight excluding hydrogens is 354 g/mol. The molecule has 3 heteroatoms. The van der Waals surface area contributed by atoms with Gasteiger partial charge in [0.05, 0.1) is 7.11 Å². The fourth-order valence-corrected chi connectivity index (χ4v) is 2.07. The first-order valence-electron chi connectivity index (χ1n) is 9.40. The molecule has 0 aliphatic carbocycles. The monoisotopic (exact) mass is 386 g/mol. The van der Waals surface area contributed by atoms with Crippen LogP contribution in [0.2, 0.25) is 0 Å². The van der Waals surface area contributed by atoms with E-state index in [1.165, 1.54) is 19.2 Å². The normalized spacial score (nSPS) is 10.5. The van der Waals surface area contributed by atoms with E-state index in [1.54, 1.807) is 0 Å². The molecule has 0 amide bonds. The van der Waals surface area contributed by atoms with Crippen molar-refractivity contribution in [3.05, 3.63) is 102 Å². The van der Waals surface area contributed by atoms with Crippen molar-refractivity contribution in [1.29, 1.82) is 0 Å². The summed E-state index contributed by atoms with van der Waals surface area (Å²) in [4.78, 5) is 0. The first-order chi connectivity index (χ1) is 13.3. The Morgan fingerprint density at radius 3 is 1.93 bits per heavy atom. The summed E-state index contributed by atoms with van der Waals surface area (Å²) in [6, 6.07) is 2.95. The van der Waals surface area contributed by atoms with Gasteiger partial charge in [0.1, 0.15) is 0 Å². The first kappa shape index (κ1) is 25.3. The molecule has 0 unspecified atom stereocenters. The number of methoxy groups -OCH3 is 1. The van der Waals surface area contributed by atoms with Gasteiger partial charge in [-0.25, -0.2) is 4.39 Å². The summed E-state index contributed by atoms with van der Waals surface area (Å²) in [6.07, 6.45) is 9.14. The van der Waals surface area contributed by atoms with Crippen molar-refractivity contribution in [2.24, 2.45) is 0 Å². The third-order valence-corrected chi connectivity index (χ3v) is 3.97.